The van der Waals surface area contributed by atoms with Crippen molar-refractivity contribution in [3.05, 3.63) is 0 Å². The molecule has 0 aromatic carbocycles. The summed E-state index contributed by atoms with van der Waals surface area (Å²) in [5, 5.41) is 0. The second kappa shape index (κ2) is 6.15. The van der Waals surface area contributed by atoms with Gasteiger partial charge in [0.05, 0.1) is 0 Å². The number of halogens is 2. The van der Waals surface area contributed by atoms with Crippen LogP contribution in [0.5, 0.6) is 0 Å². The van der Waals surface area contributed by atoms with Crippen LogP contribution in [0.1, 0.15) is 78.6 Å². The van der Waals surface area contributed by atoms with E-state index in [0.717, 1.165) is 0 Å². The fraction of sp³-hybridized carbons (Fsp3) is 1.00. The molecule has 0 atom stereocenters. The van der Waals surface area contributed by atoms with Crippen LogP contribution < -0.4 is 0 Å². The summed E-state index contributed by atoms with van der Waals surface area (Å²) >= 11 is 0. The summed E-state index contributed by atoms with van der Waals surface area (Å²) in [7, 11) is 0. The molecule has 1 aliphatic carbocycles. The Morgan fingerprint density at radius 3 is 2.18 bits per heavy atom. The summed E-state index contributed by atoms with van der Waals surface area (Å²) in [5.41, 5.74) is 0.254. The standard InChI is InChI=1S/C15H28F2/c1-4-5-6-7-10-14(2,3)13-8-11-15(16,17)12-9-13/h13H,4-12H2,1-3H3. The zero-order chi connectivity index (χ0) is 12.9. The predicted molar refractivity (Wildman–Crippen MR) is 69.4 cm³/mol. The van der Waals surface area contributed by atoms with Gasteiger partial charge in [-0.1, -0.05) is 46.5 Å². The molecule has 0 aromatic heterocycles. The van der Waals surface area contributed by atoms with Crippen LogP contribution in [0, 0.1) is 11.3 Å². The van der Waals surface area contributed by atoms with Gasteiger partial charge in [0.15, 0.2) is 0 Å². The van der Waals surface area contributed by atoms with Gasteiger partial charge in [-0.2, -0.15) is 0 Å². The van der Waals surface area contributed by atoms with Crippen molar-refractivity contribution >= 4 is 0 Å². The first-order chi connectivity index (χ1) is 7.87. The van der Waals surface area contributed by atoms with Crippen molar-refractivity contribution in [2.75, 3.05) is 0 Å². The van der Waals surface area contributed by atoms with Crippen LogP contribution in [0.25, 0.3) is 0 Å². The molecular weight excluding hydrogens is 218 g/mol. The van der Waals surface area contributed by atoms with E-state index >= 15 is 0 Å². The van der Waals surface area contributed by atoms with Gasteiger partial charge >= 0.3 is 0 Å². The SMILES string of the molecule is CCCCCCC(C)(C)C1CCC(F)(F)CC1. The Labute approximate surface area is 105 Å². The number of rotatable bonds is 6. The second-order valence-corrected chi connectivity index (χ2v) is 6.43. The zero-order valence-corrected chi connectivity index (χ0v) is 11.7. The monoisotopic (exact) mass is 246 g/mol. The largest absolute Gasteiger partial charge is 0.248 e. The molecule has 0 amide bonds. The number of hydrogen-bond acceptors (Lipinski definition) is 0. The van der Waals surface area contributed by atoms with E-state index < -0.39 is 5.92 Å². The lowest BCUT2D eigenvalue weighted by Crippen LogP contribution is -2.32. The predicted octanol–water partition coefficient (Wildman–Crippen LogP) is 5.81. The molecule has 1 fully saturated rings. The fourth-order valence-corrected chi connectivity index (χ4v) is 3.03. The summed E-state index contributed by atoms with van der Waals surface area (Å²) in [6.07, 6.45) is 7.96. The molecule has 0 N–H and O–H groups in total. The third kappa shape index (κ3) is 4.93. The second-order valence-electron chi connectivity index (χ2n) is 6.43. The summed E-state index contributed by atoms with van der Waals surface area (Å²) in [5.74, 6) is -1.88. The minimum atomic E-state index is -2.38. The van der Waals surface area contributed by atoms with Crippen molar-refractivity contribution in [2.45, 2.75) is 84.5 Å². The van der Waals surface area contributed by atoms with Crippen LogP contribution >= 0.6 is 0 Å². The van der Waals surface area contributed by atoms with E-state index in [-0.39, 0.29) is 18.3 Å². The van der Waals surface area contributed by atoms with E-state index in [0.29, 0.717) is 18.8 Å². The highest BCUT2D eigenvalue weighted by atomic mass is 19.3. The van der Waals surface area contributed by atoms with Crippen molar-refractivity contribution in [1.29, 1.82) is 0 Å². The topological polar surface area (TPSA) is 0 Å². The quantitative estimate of drug-likeness (QED) is 0.519. The average Bonchev–Trinajstić information content (AvgIpc) is 2.24. The summed E-state index contributed by atoms with van der Waals surface area (Å²) in [6, 6.07) is 0. The minimum Gasteiger partial charge on any atom is -0.207 e. The summed E-state index contributed by atoms with van der Waals surface area (Å²) in [6.45, 7) is 6.76. The molecular formula is C15H28F2. The van der Waals surface area contributed by atoms with Gasteiger partial charge in [0, 0.05) is 12.8 Å². The van der Waals surface area contributed by atoms with E-state index in [1.807, 2.05) is 0 Å². The molecule has 0 heterocycles. The minimum absolute atomic E-state index is 0.107. The van der Waals surface area contributed by atoms with Crippen molar-refractivity contribution in [2.24, 2.45) is 11.3 Å². The molecule has 0 unspecified atom stereocenters. The average molecular weight is 246 g/mol. The van der Waals surface area contributed by atoms with Gasteiger partial charge in [-0.15, -0.1) is 0 Å². The van der Waals surface area contributed by atoms with Crippen LogP contribution in [0.2, 0.25) is 0 Å². The Kier molecular flexibility index (Phi) is 5.40. The maximum absolute atomic E-state index is 13.1. The molecule has 1 rings (SSSR count). The van der Waals surface area contributed by atoms with Gasteiger partial charge in [0.1, 0.15) is 0 Å². The molecule has 0 nitrogen and oxygen atoms in total. The molecule has 17 heavy (non-hydrogen) atoms. The number of alkyl halides is 2. The lowest BCUT2D eigenvalue weighted by Gasteiger charge is -2.39. The van der Waals surface area contributed by atoms with Gasteiger partial charge in [-0.05, 0) is 30.6 Å². The smallest absolute Gasteiger partial charge is 0.207 e. The molecule has 0 aliphatic heterocycles. The van der Waals surface area contributed by atoms with Crippen molar-refractivity contribution in [3.63, 3.8) is 0 Å². The molecule has 1 aliphatic rings. The van der Waals surface area contributed by atoms with Gasteiger partial charge in [-0.25, -0.2) is 8.78 Å². The molecule has 2 heteroatoms. The van der Waals surface area contributed by atoms with Gasteiger partial charge in [-0.3, -0.25) is 0 Å². The van der Waals surface area contributed by atoms with Gasteiger partial charge in [0.2, 0.25) is 5.92 Å². The van der Waals surface area contributed by atoms with E-state index in [9.17, 15) is 8.78 Å². The van der Waals surface area contributed by atoms with Crippen molar-refractivity contribution in [3.8, 4) is 0 Å². The van der Waals surface area contributed by atoms with E-state index in [4.69, 9.17) is 0 Å². The maximum atomic E-state index is 13.1. The van der Waals surface area contributed by atoms with Crippen LogP contribution in [-0.4, -0.2) is 5.92 Å². The van der Waals surface area contributed by atoms with Crippen LogP contribution in [0.3, 0.4) is 0 Å². The first-order valence-electron chi connectivity index (χ1n) is 7.25. The highest BCUT2D eigenvalue weighted by molar-refractivity contribution is 4.86. The molecule has 1 saturated carbocycles. The van der Waals surface area contributed by atoms with E-state index in [2.05, 4.69) is 20.8 Å². The van der Waals surface area contributed by atoms with E-state index in [1.165, 1.54) is 32.1 Å². The molecule has 102 valence electrons. The van der Waals surface area contributed by atoms with Crippen molar-refractivity contribution in [1.82, 2.24) is 0 Å². The Hall–Kier alpha value is -0.140. The third-order valence-corrected chi connectivity index (χ3v) is 4.50. The number of hydrogen-bond donors (Lipinski definition) is 0. The van der Waals surface area contributed by atoms with Gasteiger partial charge < -0.3 is 0 Å². The van der Waals surface area contributed by atoms with E-state index in [1.54, 1.807) is 0 Å². The zero-order valence-electron chi connectivity index (χ0n) is 11.7. The lowest BCUT2D eigenvalue weighted by molar-refractivity contribution is -0.0613. The highest BCUT2D eigenvalue weighted by Crippen LogP contribution is 2.45. The molecule has 0 bridgehead atoms. The van der Waals surface area contributed by atoms with Crippen LogP contribution in [-0.2, 0) is 0 Å². The Bertz CT molecular complexity index is 211. The third-order valence-electron chi connectivity index (χ3n) is 4.50. The van der Waals surface area contributed by atoms with Crippen LogP contribution in [0.15, 0.2) is 0 Å². The fourth-order valence-electron chi connectivity index (χ4n) is 3.03. The van der Waals surface area contributed by atoms with Crippen molar-refractivity contribution < 1.29 is 8.78 Å². The Balaban J connectivity index is 2.32. The van der Waals surface area contributed by atoms with Crippen LogP contribution in [0.4, 0.5) is 8.78 Å². The molecule has 0 aromatic rings. The Morgan fingerprint density at radius 2 is 1.65 bits per heavy atom. The first-order valence-corrected chi connectivity index (χ1v) is 7.25. The summed E-state index contributed by atoms with van der Waals surface area (Å²) in [4.78, 5) is 0. The summed E-state index contributed by atoms with van der Waals surface area (Å²) < 4.78 is 26.2. The number of unbranched alkanes of at least 4 members (excludes halogenated alkanes) is 3. The molecule has 0 spiro atoms. The first kappa shape index (κ1) is 14.9. The molecule has 0 radical (unpaired) electrons. The van der Waals surface area contributed by atoms with Gasteiger partial charge in [0.25, 0.3) is 0 Å². The maximum Gasteiger partial charge on any atom is 0.248 e. The Morgan fingerprint density at radius 1 is 1.06 bits per heavy atom. The lowest BCUT2D eigenvalue weighted by atomic mass is 9.68. The highest BCUT2D eigenvalue weighted by Gasteiger charge is 2.40. The molecule has 0 saturated heterocycles. The normalized spacial score (nSPS) is 21.7.